The van der Waals surface area contributed by atoms with Gasteiger partial charge in [-0.2, -0.15) is 0 Å². The van der Waals surface area contributed by atoms with E-state index >= 15 is 0 Å². The van der Waals surface area contributed by atoms with Gasteiger partial charge in [-0.25, -0.2) is 22.7 Å². The predicted molar refractivity (Wildman–Crippen MR) is 152 cm³/mol. The zero-order valence-electron chi connectivity index (χ0n) is 22.2. The fourth-order valence-electron chi connectivity index (χ4n) is 5.33. The lowest BCUT2D eigenvalue weighted by Gasteiger charge is -2.43. The molecule has 2 aromatic rings. The average Bonchev–Trinajstić information content (AvgIpc) is 2.90. The number of carbonyl (C=O) groups is 1. The first-order valence-electron chi connectivity index (χ1n) is 13.0. The number of hydrogen-bond donors (Lipinski definition) is 1. The quantitative estimate of drug-likeness (QED) is 0.506. The summed E-state index contributed by atoms with van der Waals surface area (Å²) in [7, 11) is -1.50. The van der Waals surface area contributed by atoms with E-state index < -0.39 is 10.0 Å². The number of aromatic nitrogens is 2. The normalized spacial score (nSPS) is 18.2. The van der Waals surface area contributed by atoms with Gasteiger partial charge in [0.2, 0.25) is 10.0 Å². The van der Waals surface area contributed by atoms with E-state index in [1.165, 1.54) is 16.9 Å². The van der Waals surface area contributed by atoms with Gasteiger partial charge in [0.05, 0.1) is 16.3 Å². The van der Waals surface area contributed by atoms with Crippen LogP contribution in [0, 0.1) is 6.92 Å². The van der Waals surface area contributed by atoms with Gasteiger partial charge in [0.15, 0.2) is 0 Å². The molecule has 2 aliphatic rings. The van der Waals surface area contributed by atoms with Gasteiger partial charge in [0.1, 0.15) is 17.8 Å². The van der Waals surface area contributed by atoms with Crippen LogP contribution in [-0.4, -0.2) is 96.5 Å². The van der Waals surface area contributed by atoms with Crippen molar-refractivity contribution in [1.29, 1.82) is 0 Å². The van der Waals surface area contributed by atoms with Crippen molar-refractivity contribution in [3.63, 3.8) is 0 Å². The van der Waals surface area contributed by atoms with Gasteiger partial charge in [-0.05, 0) is 69.8 Å². The molecule has 9 nitrogen and oxygen atoms in total. The third-order valence-corrected chi connectivity index (χ3v) is 9.86. The molecule has 3 heterocycles. The van der Waals surface area contributed by atoms with Crippen LogP contribution in [0.3, 0.4) is 0 Å². The Morgan fingerprint density at radius 3 is 2.39 bits per heavy atom. The number of amides is 1. The minimum Gasteiger partial charge on any atom is -0.369 e. The molecule has 0 bridgehead atoms. The summed E-state index contributed by atoms with van der Waals surface area (Å²) >= 11 is 12.1. The molecule has 2 fully saturated rings. The SMILES string of the molecule is Cc1c(NCCc2ccc(Cl)c(Cl)c2)ncnc1C(=O)N1CCC(N2CCC(N(C)S(C)(=O)=O)CC2)CC1. The smallest absolute Gasteiger partial charge is 0.272 e. The zero-order valence-corrected chi connectivity index (χ0v) is 24.5. The molecule has 12 heteroatoms. The molecule has 0 atom stereocenters. The number of carbonyl (C=O) groups excluding carboxylic acids is 1. The lowest BCUT2D eigenvalue weighted by Crippen LogP contribution is -2.52. The Labute approximate surface area is 235 Å². The summed E-state index contributed by atoms with van der Waals surface area (Å²) in [4.78, 5) is 26.3. The molecule has 1 N–H and O–H groups in total. The van der Waals surface area contributed by atoms with E-state index in [4.69, 9.17) is 23.2 Å². The molecule has 0 unspecified atom stereocenters. The highest BCUT2D eigenvalue weighted by Crippen LogP contribution is 2.26. The van der Waals surface area contributed by atoms with E-state index in [2.05, 4.69) is 20.2 Å². The Morgan fingerprint density at radius 1 is 1.08 bits per heavy atom. The molecule has 0 saturated carbocycles. The molecular formula is C26H36Cl2N6O3S. The number of sulfonamides is 1. The van der Waals surface area contributed by atoms with Crippen molar-refractivity contribution in [1.82, 2.24) is 24.1 Å². The van der Waals surface area contributed by atoms with Crippen LogP contribution in [0.15, 0.2) is 24.5 Å². The summed E-state index contributed by atoms with van der Waals surface area (Å²) < 4.78 is 25.2. The average molecular weight is 584 g/mol. The first-order valence-corrected chi connectivity index (χ1v) is 15.6. The van der Waals surface area contributed by atoms with Gasteiger partial charge in [-0.1, -0.05) is 29.3 Å². The number of halogens is 2. The maximum atomic E-state index is 13.3. The molecule has 0 radical (unpaired) electrons. The predicted octanol–water partition coefficient (Wildman–Crippen LogP) is 3.71. The Kier molecular flexibility index (Phi) is 9.52. The maximum Gasteiger partial charge on any atom is 0.272 e. The second kappa shape index (κ2) is 12.5. The first-order chi connectivity index (χ1) is 18.0. The van der Waals surface area contributed by atoms with Gasteiger partial charge in [0, 0.05) is 44.3 Å². The molecule has 38 heavy (non-hydrogen) atoms. The largest absolute Gasteiger partial charge is 0.369 e. The van der Waals surface area contributed by atoms with Crippen LogP contribution < -0.4 is 5.32 Å². The number of rotatable bonds is 8. The van der Waals surface area contributed by atoms with Crippen molar-refractivity contribution in [3.05, 3.63) is 51.4 Å². The molecule has 2 aliphatic heterocycles. The Morgan fingerprint density at radius 2 is 1.76 bits per heavy atom. The van der Waals surface area contributed by atoms with Crippen LogP contribution in [0.2, 0.25) is 10.0 Å². The highest BCUT2D eigenvalue weighted by Gasteiger charge is 2.33. The Balaban J connectivity index is 1.28. The van der Waals surface area contributed by atoms with Gasteiger partial charge in [0.25, 0.3) is 5.91 Å². The number of likely N-dealkylation sites (tertiary alicyclic amines) is 2. The fourth-order valence-corrected chi connectivity index (χ4v) is 6.41. The zero-order chi connectivity index (χ0) is 27.4. The lowest BCUT2D eigenvalue weighted by atomic mass is 9.97. The van der Waals surface area contributed by atoms with Crippen molar-refractivity contribution in [2.75, 3.05) is 51.3 Å². The van der Waals surface area contributed by atoms with E-state index in [1.54, 1.807) is 13.1 Å². The summed E-state index contributed by atoms with van der Waals surface area (Å²) in [5.41, 5.74) is 2.23. The number of benzene rings is 1. The van der Waals surface area contributed by atoms with Crippen LogP contribution in [-0.2, 0) is 16.4 Å². The molecule has 1 aromatic heterocycles. The van der Waals surface area contributed by atoms with Crippen LogP contribution in [0.4, 0.5) is 5.82 Å². The summed E-state index contributed by atoms with van der Waals surface area (Å²) in [6.45, 7) is 5.62. The van der Waals surface area contributed by atoms with Crippen molar-refractivity contribution in [3.8, 4) is 0 Å². The summed E-state index contributed by atoms with van der Waals surface area (Å²) in [6.07, 6.45) is 6.91. The van der Waals surface area contributed by atoms with Crippen molar-refractivity contribution in [2.45, 2.75) is 51.1 Å². The van der Waals surface area contributed by atoms with Gasteiger partial charge < -0.3 is 15.1 Å². The Bertz CT molecular complexity index is 1250. The second-order valence-electron chi connectivity index (χ2n) is 10.2. The third-order valence-electron chi connectivity index (χ3n) is 7.78. The van der Waals surface area contributed by atoms with Crippen molar-refractivity contribution < 1.29 is 13.2 Å². The van der Waals surface area contributed by atoms with E-state index in [0.717, 1.165) is 56.3 Å². The topological polar surface area (TPSA) is 98.7 Å². The van der Waals surface area contributed by atoms with E-state index in [1.807, 2.05) is 24.0 Å². The number of nitrogens with zero attached hydrogens (tertiary/aromatic N) is 5. The fraction of sp³-hybridized carbons (Fsp3) is 0.577. The number of anilines is 1. The Hall–Kier alpha value is -1.98. The lowest BCUT2D eigenvalue weighted by molar-refractivity contribution is 0.0542. The van der Waals surface area contributed by atoms with Gasteiger partial charge in [-0.15, -0.1) is 0 Å². The highest BCUT2D eigenvalue weighted by atomic mass is 35.5. The van der Waals surface area contributed by atoms with Crippen LogP contribution in [0.25, 0.3) is 0 Å². The molecule has 4 rings (SSSR count). The molecule has 1 aromatic carbocycles. The van der Waals surface area contributed by atoms with Crippen LogP contribution in [0.1, 0.15) is 47.3 Å². The minimum absolute atomic E-state index is 0.0652. The molecule has 0 aliphatic carbocycles. The number of piperidine rings is 2. The second-order valence-corrected chi connectivity index (χ2v) is 13.0. The summed E-state index contributed by atoms with van der Waals surface area (Å²) in [5, 5.41) is 4.38. The third kappa shape index (κ3) is 6.96. The summed E-state index contributed by atoms with van der Waals surface area (Å²) in [5.74, 6) is 0.588. The van der Waals surface area contributed by atoms with Crippen molar-refractivity contribution in [2.24, 2.45) is 0 Å². The first kappa shape index (κ1) is 29.0. The molecule has 208 valence electrons. The number of nitrogens with one attached hydrogen (secondary N) is 1. The van der Waals surface area contributed by atoms with Gasteiger partial charge in [-0.3, -0.25) is 4.79 Å². The van der Waals surface area contributed by atoms with E-state index in [0.29, 0.717) is 47.2 Å². The molecule has 0 spiro atoms. The van der Waals surface area contributed by atoms with Crippen molar-refractivity contribution >= 4 is 45.0 Å². The van der Waals surface area contributed by atoms with E-state index in [-0.39, 0.29) is 11.9 Å². The van der Waals surface area contributed by atoms with Gasteiger partial charge >= 0.3 is 0 Å². The minimum atomic E-state index is -3.17. The molecule has 2 saturated heterocycles. The number of hydrogen-bond acceptors (Lipinski definition) is 7. The maximum absolute atomic E-state index is 13.3. The van der Waals surface area contributed by atoms with Crippen LogP contribution in [0.5, 0.6) is 0 Å². The highest BCUT2D eigenvalue weighted by molar-refractivity contribution is 7.88. The van der Waals surface area contributed by atoms with Crippen LogP contribution >= 0.6 is 23.2 Å². The summed E-state index contributed by atoms with van der Waals surface area (Å²) in [6, 6.07) is 6.06. The molecule has 1 amide bonds. The van der Waals surface area contributed by atoms with E-state index in [9.17, 15) is 13.2 Å². The monoisotopic (exact) mass is 582 g/mol. The molecular weight excluding hydrogens is 547 g/mol. The standard InChI is InChI=1S/C26H36Cl2N6O3S/c1-18-24(30-17-31-25(18)29-11-6-19-4-5-22(27)23(28)16-19)26(35)34-14-9-21(10-15-34)33-12-7-20(8-13-33)32(2)38(3,36)37/h4-5,16-17,20-21H,6-15H2,1-3H3,(H,29,30,31).